The van der Waals surface area contributed by atoms with E-state index < -0.39 is 28.0 Å². The van der Waals surface area contributed by atoms with E-state index in [4.69, 9.17) is 5.73 Å². The maximum atomic E-state index is 12.4. The number of carbonyl (C=O) groups excluding carboxylic acids is 1. The number of hydrogen-bond acceptors (Lipinski definition) is 7. The molecule has 1 aromatic carbocycles. The van der Waals surface area contributed by atoms with Gasteiger partial charge in [0.1, 0.15) is 11.6 Å². The van der Waals surface area contributed by atoms with Crippen LogP contribution in [0.5, 0.6) is 11.5 Å². The second-order valence-corrected chi connectivity index (χ2v) is 5.37. The van der Waals surface area contributed by atoms with Crippen LogP contribution in [-0.4, -0.2) is 39.0 Å². The van der Waals surface area contributed by atoms with Crippen molar-refractivity contribution < 1.29 is 19.9 Å². The van der Waals surface area contributed by atoms with Crippen molar-refractivity contribution >= 4 is 17.3 Å². The van der Waals surface area contributed by atoms with Gasteiger partial charge in [-0.05, 0) is 25.3 Å². The van der Waals surface area contributed by atoms with Crippen LogP contribution in [0.3, 0.4) is 0 Å². The highest BCUT2D eigenvalue weighted by molar-refractivity contribution is 6.04. The van der Waals surface area contributed by atoms with Crippen molar-refractivity contribution in [2.24, 2.45) is 5.73 Å². The Hall–Kier alpha value is -3.28. The van der Waals surface area contributed by atoms with Crippen molar-refractivity contribution in [3.63, 3.8) is 0 Å². The smallest absolute Gasteiger partial charge is 0.315 e. The lowest BCUT2D eigenvalue weighted by atomic mass is 10.0. The van der Waals surface area contributed by atoms with Gasteiger partial charge < -0.3 is 20.8 Å². The Balaban J connectivity index is 2.48. The van der Waals surface area contributed by atoms with Gasteiger partial charge in [-0.25, -0.2) is 0 Å². The Morgan fingerprint density at radius 3 is 2.46 bits per heavy atom. The molecular weight excluding hydrogens is 316 g/mol. The minimum atomic E-state index is -0.905. The fourth-order valence-corrected chi connectivity index (χ4v) is 2.52. The number of benzene rings is 1. The zero-order chi connectivity index (χ0) is 17.9. The highest BCUT2D eigenvalue weighted by Crippen LogP contribution is 2.37. The monoisotopic (exact) mass is 332 g/mol. The second-order valence-electron chi connectivity index (χ2n) is 5.37. The number of aromatic hydroxyl groups is 2. The molecule has 0 aromatic heterocycles. The number of nitrogens with two attached hydrogens (primary N) is 1. The molecule has 1 aliphatic heterocycles. The van der Waals surface area contributed by atoms with Gasteiger partial charge in [0, 0.05) is 24.7 Å². The second kappa shape index (κ2) is 6.87. The Labute approximate surface area is 137 Å². The van der Waals surface area contributed by atoms with Gasteiger partial charge in [-0.3, -0.25) is 14.9 Å². The number of phenolic OH excluding ortho intramolecular Hbond substituents is 2. The molecule has 1 amide bonds. The summed E-state index contributed by atoms with van der Waals surface area (Å²) in [6.07, 6.45) is 2.66. The number of phenols is 2. The number of carbonyl (C=O) groups is 1. The highest BCUT2D eigenvalue weighted by Gasteiger charge is 2.25. The largest absolute Gasteiger partial charge is 0.504 e. The van der Waals surface area contributed by atoms with E-state index in [-0.39, 0.29) is 16.8 Å². The summed E-state index contributed by atoms with van der Waals surface area (Å²) in [6, 6.07) is 3.61. The van der Waals surface area contributed by atoms with Crippen molar-refractivity contribution in [3.8, 4) is 17.6 Å². The summed E-state index contributed by atoms with van der Waals surface area (Å²) in [5.41, 5.74) is 4.35. The summed E-state index contributed by atoms with van der Waals surface area (Å²) >= 11 is 0. The molecule has 9 heteroatoms. The fourth-order valence-electron chi connectivity index (χ4n) is 2.52. The molecule has 2 rings (SSSR count). The molecule has 0 bridgehead atoms. The maximum Gasteiger partial charge on any atom is 0.315 e. The number of nitro benzene ring substituents is 1. The van der Waals surface area contributed by atoms with Crippen molar-refractivity contribution in [1.82, 2.24) is 4.90 Å². The predicted molar refractivity (Wildman–Crippen MR) is 83.6 cm³/mol. The third-order valence-electron chi connectivity index (χ3n) is 3.82. The zero-order valence-electron chi connectivity index (χ0n) is 12.7. The Bertz CT molecular complexity index is 760. The molecule has 1 aromatic rings. The first-order valence-electron chi connectivity index (χ1n) is 7.26. The fraction of sp³-hybridized carbons (Fsp3) is 0.333. The zero-order valence-corrected chi connectivity index (χ0v) is 12.7. The first-order chi connectivity index (χ1) is 11.4. The normalized spacial score (nSPS) is 15.4. The van der Waals surface area contributed by atoms with Crippen molar-refractivity contribution in [2.75, 3.05) is 13.1 Å². The van der Waals surface area contributed by atoms with Gasteiger partial charge in [0.2, 0.25) is 5.75 Å². The van der Waals surface area contributed by atoms with E-state index in [1.807, 2.05) is 0 Å². The van der Waals surface area contributed by atoms with Gasteiger partial charge >= 0.3 is 5.69 Å². The van der Waals surface area contributed by atoms with E-state index in [0.717, 1.165) is 31.4 Å². The van der Waals surface area contributed by atoms with Crippen LogP contribution in [0.2, 0.25) is 0 Å². The molecule has 0 atom stereocenters. The average molecular weight is 332 g/mol. The number of likely N-dealkylation sites (tertiary alicyclic amines) is 1. The predicted octanol–water partition coefficient (Wildman–Crippen LogP) is 1.21. The highest BCUT2D eigenvalue weighted by atomic mass is 16.6. The molecular formula is C15H16N4O5. The number of nitriles is 1. The SMILES string of the molecule is N#C/C(C(=O)N1CCCCC1)=C(/N)c1cc(O)c(O)c([N+](=O)[O-])c1. The molecule has 0 spiro atoms. The number of amides is 1. The Morgan fingerprint density at radius 2 is 1.92 bits per heavy atom. The Morgan fingerprint density at radius 1 is 1.29 bits per heavy atom. The topological polar surface area (TPSA) is 154 Å². The van der Waals surface area contributed by atoms with Gasteiger partial charge in [0.25, 0.3) is 5.91 Å². The number of nitrogens with zero attached hydrogens (tertiary/aromatic N) is 3. The van der Waals surface area contributed by atoms with Gasteiger partial charge in [-0.15, -0.1) is 0 Å². The van der Waals surface area contributed by atoms with Crippen molar-refractivity contribution in [2.45, 2.75) is 19.3 Å². The molecule has 0 saturated carbocycles. The molecule has 9 nitrogen and oxygen atoms in total. The third-order valence-corrected chi connectivity index (χ3v) is 3.82. The van der Waals surface area contributed by atoms with Crippen LogP contribution in [0.1, 0.15) is 24.8 Å². The van der Waals surface area contributed by atoms with Gasteiger partial charge in [0.15, 0.2) is 5.75 Å². The molecule has 1 fully saturated rings. The van der Waals surface area contributed by atoms with E-state index in [9.17, 15) is 30.4 Å². The maximum absolute atomic E-state index is 12.4. The lowest BCUT2D eigenvalue weighted by Crippen LogP contribution is -2.37. The molecule has 126 valence electrons. The van der Waals surface area contributed by atoms with Crippen LogP contribution in [-0.2, 0) is 4.79 Å². The Kier molecular flexibility index (Phi) is 4.89. The number of piperidine rings is 1. The summed E-state index contributed by atoms with van der Waals surface area (Å²) < 4.78 is 0. The molecule has 1 heterocycles. The minimum absolute atomic E-state index is 0.0843. The molecule has 0 aliphatic carbocycles. The molecule has 24 heavy (non-hydrogen) atoms. The van der Waals surface area contributed by atoms with Crippen LogP contribution in [0, 0.1) is 21.4 Å². The van der Waals surface area contributed by atoms with E-state index in [0.29, 0.717) is 13.1 Å². The average Bonchev–Trinajstić information content (AvgIpc) is 2.58. The van der Waals surface area contributed by atoms with Crippen molar-refractivity contribution in [3.05, 3.63) is 33.4 Å². The molecule has 4 N–H and O–H groups in total. The van der Waals surface area contributed by atoms with Crippen LogP contribution < -0.4 is 5.73 Å². The quantitative estimate of drug-likeness (QED) is 0.247. The van der Waals surface area contributed by atoms with Crippen LogP contribution in [0.25, 0.3) is 5.70 Å². The summed E-state index contributed by atoms with van der Waals surface area (Å²) in [5, 5.41) is 39.3. The number of nitro groups is 1. The van der Waals surface area contributed by atoms with Crippen molar-refractivity contribution in [1.29, 1.82) is 5.26 Å². The number of hydrogen-bond donors (Lipinski definition) is 3. The van der Waals surface area contributed by atoms with E-state index in [2.05, 4.69) is 0 Å². The van der Waals surface area contributed by atoms with Crippen LogP contribution >= 0.6 is 0 Å². The molecule has 0 radical (unpaired) electrons. The summed E-state index contributed by atoms with van der Waals surface area (Å²) in [7, 11) is 0. The van der Waals surface area contributed by atoms with E-state index in [1.165, 1.54) is 4.90 Å². The lowest BCUT2D eigenvalue weighted by Gasteiger charge is -2.26. The van der Waals surface area contributed by atoms with Crippen LogP contribution in [0.4, 0.5) is 5.69 Å². The van der Waals surface area contributed by atoms with Crippen LogP contribution in [0.15, 0.2) is 17.7 Å². The molecule has 0 unspecified atom stereocenters. The van der Waals surface area contributed by atoms with E-state index in [1.54, 1.807) is 6.07 Å². The summed E-state index contributed by atoms with van der Waals surface area (Å²) in [4.78, 5) is 23.9. The summed E-state index contributed by atoms with van der Waals surface area (Å²) in [5.74, 6) is -2.22. The molecule has 1 aliphatic rings. The van der Waals surface area contributed by atoms with E-state index >= 15 is 0 Å². The molecule has 1 saturated heterocycles. The van der Waals surface area contributed by atoms with Gasteiger partial charge in [-0.2, -0.15) is 5.26 Å². The third kappa shape index (κ3) is 3.22. The van der Waals surface area contributed by atoms with Gasteiger partial charge in [0.05, 0.1) is 10.6 Å². The standard InChI is InChI=1S/C15H16N4O5/c16-8-10(15(22)18-4-2-1-3-5-18)13(17)9-6-11(19(23)24)14(21)12(20)7-9/h6-7,20-21H,1-5,17H2/b13-10-. The lowest BCUT2D eigenvalue weighted by molar-refractivity contribution is -0.386. The first-order valence-corrected chi connectivity index (χ1v) is 7.26. The minimum Gasteiger partial charge on any atom is -0.504 e. The first kappa shape index (κ1) is 17.1. The summed E-state index contributed by atoms with van der Waals surface area (Å²) in [6.45, 7) is 1.02. The number of rotatable bonds is 3. The van der Waals surface area contributed by atoms with Gasteiger partial charge in [-0.1, -0.05) is 0 Å².